The van der Waals surface area contributed by atoms with E-state index >= 15 is 0 Å². The van der Waals surface area contributed by atoms with Crippen LogP contribution in [0.25, 0.3) is 5.69 Å². The molecule has 0 aliphatic carbocycles. The number of aromatic nitrogens is 4. The Balaban J connectivity index is 2.49. The summed E-state index contributed by atoms with van der Waals surface area (Å²) in [6.45, 7) is 4.70. The van der Waals surface area contributed by atoms with Crippen molar-refractivity contribution >= 4 is 15.9 Å². The normalized spacial score (nSPS) is 12.7. The molecule has 7 heteroatoms. The quantitative estimate of drug-likeness (QED) is 0.940. The van der Waals surface area contributed by atoms with Gasteiger partial charge in [-0.05, 0) is 52.0 Å². The largest absolute Gasteiger partial charge is 0.308 e. The third kappa shape index (κ3) is 2.41. The predicted octanol–water partition coefficient (Wildman–Crippen LogP) is 2.23. The van der Waals surface area contributed by atoms with Crippen molar-refractivity contribution in [2.75, 3.05) is 6.54 Å². The zero-order valence-electron chi connectivity index (χ0n) is 10.1. The van der Waals surface area contributed by atoms with E-state index < -0.39 is 0 Å². The van der Waals surface area contributed by atoms with Crippen LogP contribution in [0.4, 0.5) is 4.39 Å². The molecule has 0 saturated carbocycles. The number of rotatable bonds is 4. The van der Waals surface area contributed by atoms with Gasteiger partial charge in [0.05, 0.1) is 6.04 Å². The van der Waals surface area contributed by atoms with Gasteiger partial charge in [-0.15, -0.1) is 5.10 Å². The third-order valence-corrected chi connectivity index (χ3v) is 3.18. The number of hydrogen-bond donors (Lipinski definition) is 1. The summed E-state index contributed by atoms with van der Waals surface area (Å²) >= 11 is 3.31. The van der Waals surface area contributed by atoms with Gasteiger partial charge in [-0.3, -0.25) is 0 Å². The first-order valence-corrected chi connectivity index (χ1v) is 6.40. The minimum absolute atomic E-state index is 0.0588. The zero-order chi connectivity index (χ0) is 13.1. The minimum atomic E-state index is -0.373. The summed E-state index contributed by atoms with van der Waals surface area (Å²) in [5.41, 5.74) is 0.322. The molecule has 1 N–H and O–H groups in total. The Morgan fingerprint density at radius 3 is 2.94 bits per heavy atom. The molecule has 2 rings (SSSR count). The van der Waals surface area contributed by atoms with E-state index in [4.69, 9.17) is 0 Å². The summed E-state index contributed by atoms with van der Waals surface area (Å²) in [6, 6.07) is 4.70. The third-order valence-electron chi connectivity index (χ3n) is 2.54. The maximum Gasteiger partial charge on any atom is 0.173 e. The van der Waals surface area contributed by atoms with Crippen LogP contribution in [0, 0.1) is 5.82 Å². The molecule has 1 unspecified atom stereocenters. The summed E-state index contributed by atoms with van der Waals surface area (Å²) in [5, 5.41) is 14.6. The molecule has 0 amide bonds. The Kier molecular flexibility index (Phi) is 4.03. The Hall–Kier alpha value is -1.34. The summed E-state index contributed by atoms with van der Waals surface area (Å²) in [6.07, 6.45) is 0. The number of benzene rings is 1. The number of nitrogens with one attached hydrogen (secondary N) is 1. The lowest BCUT2D eigenvalue weighted by atomic mass is 10.2. The lowest BCUT2D eigenvalue weighted by Crippen LogP contribution is -2.22. The smallest absolute Gasteiger partial charge is 0.173 e. The molecule has 0 radical (unpaired) electrons. The van der Waals surface area contributed by atoms with Gasteiger partial charge in [0.2, 0.25) is 0 Å². The summed E-state index contributed by atoms with van der Waals surface area (Å²) in [5.74, 6) is 0.198. The van der Waals surface area contributed by atoms with E-state index in [9.17, 15) is 4.39 Å². The van der Waals surface area contributed by atoms with E-state index in [-0.39, 0.29) is 11.9 Å². The molecule has 1 aromatic carbocycles. The van der Waals surface area contributed by atoms with Crippen LogP contribution in [-0.4, -0.2) is 26.8 Å². The Bertz CT molecular complexity index is 522. The highest BCUT2D eigenvalue weighted by Gasteiger charge is 2.19. The summed E-state index contributed by atoms with van der Waals surface area (Å²) in [7, 11) is 0. The molecule has 0 aliphatic heterocycles. The average molecular weight is 314 g/mol. The second kappa shape index (κ2) is 5.53. The molecule has 5 nitrogen and oxygen atoms in total. The van der Waals surface area contributed by atoms with Crippen LogP contribution in [0.1, 0.15) is 25.7 Å². The Morgan fingerprint density at radius 2 is 2.28 bits per heavy atom. The molecule has 1 aromatic heterocycles. The van der Waals surface area contributed by atoms with E-state index in [1.807, 2.05) is 13.8 Å². The van der Waals surface area contributed by atoms with Crippen LogP contribution in [0.5, 0.6) is 0 Å². The van der Waals surface area contributed by atoms with Crippen LogP contribution in [0.2, 0.25) is 0 Å². The number of halogens is 2. The van der Waals surface area contributed by atoms with Crippen LogP contribution in [-0.2, 0) is 0 Å². The molecule has 0 bridgehead atoms. The van der Waals surface area contributed by atoms with Crippen molar-refractivity contribution in [2.45, 2.75) is 19.9 Å². The first kappa shape index (κ1) is 13.1. The van der Waals surface area contributed by atoms with Crippen LogP contribution in [0.3, 0.4) is 0 Å². The fourth-order valence-electron chi connectivity index (χ4n) is 1.71. The average Bonchev–Trinajstić information content (AvgIpc) is 2.78. The molecule has 0 spiro atoms. The van der Waals surface area contributed by atoms with Crippen molar-refractivity contribution in [1.82, 2.24) is 25.5 Å². The fourth-order valence-corrected chi connectivity index (χ4v) is 2.22. The van der Waals surface area contributed by atoms with Crippen LogP contribution in [0.15, 0.2) is 22.7 Å². The van der Waals surface area contributed by atoms with Crippen molar-refractivity contribution in [2.24, 2.45) is 0 Å². The highest BCUT2D eigenvalue weighted by Crippen LogP contribution is 2.25. The number of nitrogens with zero attached hydrogens (tertiary/aromatic N) is 4. The second-order valence-electron chi connectivity index (χ2n) is 3.80. The first-order valence-electron chi connectivity index (χ1n) is 5.61. The molecular formula is C11H13BrFN5. The van der Waals surface area contributed by atoms with Crippen molar-refractivity contribution in [3.05, 3.63) is 34.3 Å². The van der Waals surface area contributed by atoms with Crippen molar-refractivity contribution in [3.8, 4) is 5.69 Å². The maximum absolute atomic E-state index is 13.9. The number of tetrazole rings is 1. The molecule has 0 aliphatic rings. The lowest BCUT2D eigenvalue weighted by Gasteiger charge is -2.13. The van der Waals surface area contributed by atoms with Gasteiger partial charge < -0.3 is 5.32 Å². The van der Waals surface area contributed by atoms with E-state index in [0.717, 1.165) is 6.54 Å². The highest BCUT2D eigenvalue weighted by atomic mass is 79.9. The van der Waals surface area contributed by atoms with Gasteiger partial charge >= 0.3 is 0 Å². The SMILES string of the molecule is CCNC(C)c1nnnn1-c1c(F)cccc1Br. The van der Waals surface area contributed by atoms with Gasteiger partial charge in [-0.1, -0.05) is 13.0 Å². The molecule has 2 aromatic rings. The van der Waals surface area contributed by atoms with Gasteiger partial charge in [0.1, 0.15) is 11.5 Å². The van der Waals surface area contributed by atoms with Gasteiger partial charge in [0.15, 0.2) is 5.82 Å². The van der Waals surface area contributed by atoms with E-state index in [1.165, 1.54) is 10.7 Å². The lowest BCUT2D eigenvalue weighted by molar-refractivity contribution is 0.540. The predicted molar refractivity (Wildman–Crippen MR) is 68.9 cm³/mol. The van der Waals surface area contributed by atoms with Gasteiger partial charge in [-0.2, -0.15) is 4.68 Å². The molecule has 96 valence electrons. The van der Waals surface area contributed by atoms with E-state index in [0.29, 0.717) is 16.0 Å². The minimum Gasteiger partial charge on any atom is -0.308 e. The molecule has 18 heavy (non-hydrogen) atoms. The van der Waals surface area contributed by atoms with Gasteiger partial charge in [0, 0.05) is 4.47 Å². The van der Waals surface area contributed by atoms with Crippen molar-refractivity contribution in [3.63, 3.8) is 0 Å². The summed E-state index contributed by atoms with van der Waals surface area (Å²) in [4.78, 5) is 0. The maximum atomic E-state index is 13.9. The zero-order valence-corrected chi connectivity index (χ0v) is 11.6. The first-order chi connectivity index (χ1) is 8.65. The highest BCUT2D eigenvalue weighted by molar-refractivity contribution is 9.10. The van der Waals surface area contributed by atoms with Gasteiger partial charge in [-0.25, -0.2) is 4.39 Å². The molecule has 0 saturated heterocycles. The van der Waals surface area contributed by atoms with Crippen LogP contribution < -0.4 is 5.32 Å². The fraction of sp³-hybridized carbons (Fsp3) is 0.364. The second-order valence-corrected chi connectivity index (χ2v) is 4.65. The van der Waals surface area contributed by atoms with E-state index in [2.05, 4.69) is 36.8 Å². The van der Waals surface area contributed by atoms with E-state index in [1.54, 1.807) is 12.1 Å². The Morgan fingerprint density at radius 1 is 1.50 bits per heavy atom. The number of para-hydroxylation sites is 1. The molecule has 1 atom stereocenters. The molecular weight excluding hydrogens is 301 g/mol. The standard InChI is InChI=1S/C11H13BrFN5/c1-3-14-7(2)11-15-16-17-18(11)10-8(12)5-4-6-9(10)13/h4-7,14H,3H2,1-2H3. The van der Waals surface area contributed by atoms with Crippen molar-refractivity contribution < 1.29 is 4.39 Å². The summed E-state index contributed by atoms with van der Waals surface area (Å²) < 4.78 is 15.9. The van der Waals surface area contributed by atoms with Crippen LogP contribution >= 0.6 is 15.9 Å². The Labute approximate surface area is 113 Å². The van der Waals surface area contributed by atoms with Gasteiger partial charge in [0.25, 0.3) is 0 Å². The topological polar surface area (TPSA) is 55.6 Å². The molecule has 1 heterocycles. The monoisotopic (exact) mass is 313 g/mol. The van der Waals surface area contributed by atoms with Crippen molar-refractivity contribution in [1.29, 1.82) is 0 Å². The molecule has 0 fully saturated rings. The number of hydrogen-bond acceptors (Lipinski definition) is 4.